The predicted octanol–water partition coefficient (Wildman–Crippen LogP) is 2.65. The lowest BCUT2D eigenvalue weighted by atomic mass is 9.68. The second-order valence-corrected chi connectivity index (χ2v) is 6.48. The summed E-state index contributed by atoms with van der Waals surface area (Å²) < 4.78 is 2.09. The van der Waals surface area contributed by atoms with Gasteiger partial charge in [0.05, 0.1) is 0 Å². The molecule has 0 radical (unpaired) electrons. The largest absolute Gasteiger partial charge is 0.338 e. The molecule has 1 aliphatic rings. The topological polar surface area (TPSA) is 43.8 Å². The fourth-order valence-corrected chi connectivity index (χ4v) is 2.67. The van der Waals surface area contributed by atoms with Crippen LogP contribution in [0.2, 0.25) is 0 Å². The van der Waals surface area contributed by atoms with Gasteiger partial charge in [0.1, 0.15) is 5.82 Å². The molecule has 3 heteroatoms. The van der Waals surface area contributed by atoms with Crippen LogP contribution in [0.5, 0.6) is 0 Å². The monoisotopic (exact) mass is 235 g/mol. The van der Waals surface area contributed by atoms with Crippen molar-refractivity contribution in [1.82, 2.24) is 9.55 Å². The van der Waals surface area contributed by atoms with E-state index in [0.29, 0.717) is 5.41 Å². The van der Waals surface area contributed by atoms with Gasteiger partial charge in [0, 0.05) is 31.4 Å². The number of aryl methyl sites for hydroxylation is 2. The molecular formula is C14H25N3. The Bertz CT molecular complexity index is 369. The lowest BCUT2D eigenvalue weighted by Crippen LogP contribution is -2.45. The van der Waals surface area contributed by atoms with Crippen molar-refractivity contribution < 1.29 is 0 Å². The molecule has 0 bridgehead atoms. The summed E-state index contributed by atoms with van der Waals surface area (Å²) in [6, 6.07) is 0. The highest BCUT2D eigenvalue weighted by Gasteiger charge is 2.35. The van der Waals surface area contributed by atoms with Gasteiger partial charge in [0.2, 0.25) is 0 Å². The standard InChI is InChI=1S/C14H25N3/c1-13(2)6-8-14(15,9-7-13)5-4-12-16-10-11-17(12)3/h10-11H,4-9,15H2,1-3H3. The first-order chi connectivity index (χ1) is 7.90. The van der Waals surface area contributed by atoms with Gasteiger partial charge >= 0.3 is 0 Å². The maximum atomic E-state index is 6.51. The summed E-state index contributed by atoms with van der Waals surface area (Å²) in [6.45, 7) is 4.71. The minimum Gasteiger partial charge on any atom is -0.338 e. The van der Waals surface area contributed by atoms with Gasteiger partial charge in [-0.25, -0.2) is 4.98 Å². The van der Waals surface area contributed by atoms with E-state index in [-0.39, 0.29) is 5.54 Å². The van der Waals surface area contributed by atoms with Crippen LogP contribution in [0, 0.1) is 5.41 Å². The average molecular weight is 235 g/mol. The summed E-state index contributed by atoms with van der Waals surface area (Å²) >= 11 is 0. The average Bonchev–Trinajstić information content (AvgIpc) is 2.67. The van der Waals surface area contributed by atoms with E-state index in [1.165, 1.54) is 12.8 Å². The number of hydrogen-bond acceptors (Lipinski definition) is 2. The summed E-state index contributed by atoms with van der Waals surface area (Å²) in [5.74, 6) is 1.15. The van der Waals surface area contributed by atoms with Crippen molar-refractivity contribution >= 4 is 0 Å². The van der Waals surface area contributed by atoms with E-state index in [0.717, 1.165) is 31.5 Å². The Balaban J connectivity index is 1.89. The van der Waals surface area contributed by atoms with E-state index in [1.54, 1.807) is 0 Å². The number of imidazole rings is 1. The normalized spacial score (nSPS) is 22.6. The third kappa shape index (κ3) is 3.09. The quantitative estimate of drug-likeness (QED) is 0.875. The SMILES string of the molecule is Cn1ccnc1CCC1(N)CCC(C)(C)CC1. The van der Waals surface area contributed by atoms with Gasteiger partial charge in [-0.3, -0.25) is 0 Å². The Morgan fingerprint density at radius 1 is 1.29 bits per heavy atom. The molecule has 0 amide bonds. The maximum Gasteiger partial charge on any atom is 0.108 e. The van der Waals surface area contributed by atoms with E-state index in [2.05, 4.69) is 30.4 Å². The van der Waals surface area contributed by atoms with Crippen molar-refractivity contribution in [3.63, 3.8) is 0 Å². The first kappa shape index (κ1) is 12.6. The zero-order valence-corrected chi connectivity index (χ0v) is 11.4. The van der Waals surface area contributed by atoms with Crippen LogP contribution >= 0.6 is 0 Å². The van der Waals surface area contributed by atoms with Crippen molar-refractivity contribution in [2.24, 2.45) is 18.2 Å². The molecule has 1 aromatic rings. The van der Waals surface area contributed by atoms with Gasteiger partial charge in [0.15, 0.2) is 0 Å². The highest BCUT2D eigenvalue weighted by molar-refractivity contribution is 4.98. The molecule has 1 aliphatic carbocycles. The lowest BCUT2D eigenvalue weighted by Gasteiger charge is -2.41. The first-order valence-corrected chi connectivity index (χ1v) is 6.65. The van der Waals surface area contributed by atoms with Crippen molar-refractivity contribution in [3.05, 3.63) is 18.2 Å². The fourth-order valence-electron chi connectivity index (χ4n) is 2.67. The zero-order chi connectivity index (χ0) is 12.5. The van der Waals surface area contributed by atoms with Crippen LogP contribution in [0.15, 0.2) is 12.4 Å². The maximum absolute atomic E-state index is 6.51. The van der Waals surface area contributed by atoms with Crippen LogP contribution < -0.4 is 5.73 Å². The Morgan fingerprint density at radius 2 is 1.94 bits per heavy atom. The number of aromatic nitrogens is 2. The molecule has 0 atom stereocenters. The van der Waals surface area contributed by atoms with Crippen LogP contribution in [0.4, 0.5) is 0 Å². The van der Waals surface area contributed by atoms with E-state index in [1.807, 2.05) is 12.4 Å². The minimum atomic E-state index is 0.0431. The Labute approximate surface area is 104 Å². The molecule has 0 unspecified atom stereocenters. The van der Waals surface area contributed by atoms with Gasteiger partial charge in [-0.1, -0.05) is 13.8 Å². The summed E-state index contributed by atoms with van der Waals surface area (Å²) in [4.78, 5) is 4.37. The molecule has 0 aromatic carbocycles. The second kappa shape index (κ2) is 4.45. The molecule has 1 fully saturated rings. The molecule has 2 N–H and O–H groups in total. The molecule has 0 spiro atoms. The number of hydrogen-bond donors (Lipinski definition) is 1. The van der Waals surface area contributed by atoms with Crippen LogP contribution in [0.3, 0.4) is 0 Å². The molecule has 0 aliphatic heterocycles. The number of nitrogens with zero attached hydrogens (tertiary/aromatic N) is 2. The van der Waals surface area contributed by atoms with E-state index >= 15 is 0 Å². The van der Waals surface area contributed by atoms with Gasteiger partial charge in [-0.2, -0.15) is 0 Å². The fraction of sp³-hybridized carbons (Fsp3) is 0.786. The highest BCUT2D eigenvalue weighted by atomic mass is 15.0. The molecule has 1 heterocycles. The van der Waals surface area contributed by atoms with Gasteiger partial charge in [-0.15, -0.1) is 0 Å². The predicted molar refractivity (Wildman–Crippen MR) is 70.7 cm³/mol. The summed E-state index contributed by atoms with van der Waals surface area (Å²) in [5, 5.41) is 0. The molecule has 1 aromatic heterocycles. The number of nitrogens with two attached hydrogens (primary N) is 1. The minimum absolute atomic E-state index is 0.0431. The van der Waals surface area contributed by atoms with Crippen LogP contribution in [-0.2, 0) is 13.5 Å². The van der Waals surface area contributed by atoms with Crippen LogP contribution in [-0.4, -0.2) is 15.1 Å². The smallest absolute Gasteiger partial charge is 0.108 e. The van der Waals surface area contributed by atoms with Gasteiger partial charge in [0.25, 0.3) is 0 Å². The van der Waals surface area contributed by atoms with E-state index in [4.69, 9.17) is 5.73 Å². The van der Waals surface area contributed by atoms with E-state index in [9.17, 15) is 0 Å². The molecule has 2 rings (SSSR count). The summed E-state index contributed by atoms with van der Waals surface area (Å²) in [7, 11) is 2.05. The van der Waals surface area contributed by atoms with E-state index < -0.39 is 0 Å². The molecule has 3 nitrogen and oxygen atoms in total. The highest BCUT2D eigenvalue weighted by Crippen LogP contribution is 2.40. The van der Waals surface area contributed by atoms with Crippen molar-refractivity contribution in [3.8, 4) is 0 Å². The Morgan fingerprint density at radius 3 is 2.47 bits per heavy atom. The zero-order valence-electron chi connectivity index (χ0n) is 11.4. The summed E-state index contributed by atoms with van der Waals surface area (Å²) in [5.41, 5.74) is 7.05. The molecule has 1 saturated carbocycles. The van der Waals surface area contributed by atoms with Crippen molar-refractivity contribution in [1.29, 1.82) is 0 Å². The third-order valence-electron chi connectivity index (χ3n) is 4.37. The second-order valence-electron chi connectivity index (χ2n) is 6.48. The first-order valence-electron chi connectivity index (χ1n) is 6.65. The van der Waals surface area contributed by atoms with Crippen molar-refractivity contribution in [2.45, 2.75) is 57.9 Å². The van der Waals surface area contributed by atoms with Crippen LogP contribution in [0.1, 0.15) is 51.8 Å². The lowest BCUT2D eigenvalue weighted by molar-refractivity contribution is 0.157. The summed E-state index contributed by atoms with van der Waals surface area (Å²) in [6.07, 6.45) is 10.8. The van der Waals surface area contributed by atoms with Crippen LogP contribution in [0.25, 0.3) is 0 Å². The molecule has 0 saturated heterocycles. The Kier molecular flexibility index (Phi) is 3.30. The third-order valence-corrected chi connectivity index (χ3v) is 4.37. The Hall–Kier alpha value is -0.830. The molecule has 17 heavy (non-hydrogen) atoms. The van der Waals surface area contributed by atoms with Gasteiger partial charge < -0.3 is 10.3 Å². The molecule has 96 valence electrons. The number of rotatable bonds is 3. The molecular weight excluding hydrogens is 210 g/mol. The van der Waals surface area contributed by atoms with Crippen molar-refractivity contribution in [2.75, 3.05) is 0 Å². The van der Waals surface area contributed by atoms with Gasteiger partial charge in [-0.05, 0) is 37.5 Å².